The number of rotatable bonds is 7. The zero-order valence-corrected chi connectivity index (χ0v) is 12.8. The molecule has 2 N–H and O–H groups in total. The van der Waals surface area contributed by atoms with Gasteiger partial charge >= 0.3 is 0 Å². The summed E-state index contributed by atoms with van der Waals surface area (Å²) in [6, 6.07) is 8.94. The second kappa shape index (κ2) is 7.21. The van der Waals surface area contributed by atoms with Crippen LogP contribution in [0.15, 0.2) is 24.3 Å². The number of aliphatic hydroxyl groups is 1. The molecule has 1 aliphatic carbocycles. The fraction of sp³-hybridized carbons (Fsp3) is 0.647. The molecule has 0 radical (unpaired) electrons. The molecule has 3 atom stereocenters. The van der Waals surface area contributed by atoms with Gasteiger partial charge in [0.2, 0.25) is 0 Å². The van der Waals surface area contributed by atoms with E-state index >= 15 is 0 Å². The molecular weight excluding hydrogens is 250 g/mol. The molecule has 0 saturated heterocycles. The van der Waals surface area contributed by atoms with Crippen LogP contribution >= 0.6 is 0 Å². The molecule has 0 amide bonds. The van der Waals surface area contributed by atoms with Gasteiger partial charge in [0.25, 0.3) is 0 Å². The first-order chi connectivity index (χ1) is 9.58. The summed E-state index contributed by atoms with van der Waals surface area (Å²) in [5.74, 6) is 1.09. The molecule has 0 heterocycles. The van der Waals surface area contributed by atoms with Gasteiger partial charge in [0.15, 0.2) is 0 Å². The SMILES string of the molecule is CC(C)COCC(O)CNC1c2ccccc2CC1C. The van der Waals surface area contributed by atoms with E-state index in [4.69, 9.17) is 4.74 Å². The Bertz CT molecular complexity index is 419. The van der Waals surface area contributed by atoms with Crippen LogP contribution in [0.25, 0.3) is 0 Å². The maximum Gasteiger partial charge on any atom is 0.0897 e. The molecule has 20 heavy (non-hydrogen) atoms. The van der Waals surface area contributed by atoms with Crippen LogP contribution in [0.3, 0.4) is 0 Å². The van der Waals surface area contributed by atoms with Gasteiger partial charge in [-0.3, -0.25) is 0 Å². The highest BCUT2D eigenvalue weighted by molar-refractivity contribution is 5.35. The third-order valence-electron chi connectivity index (χ3n) is 3.84. The van der Waals surface area contributed by atoms with Crippen molar-refractivity contribution in [2.45, 2.75) is 39.3 Å². The van der Waals surface area contributed by atoms with Gasteiger partial charge in [-0.1, -0.05) is 45.0 Å². The normalized spacial score (nSPS) is 23.1. The van der Waals surface area contributed by atoms with E-state index in [1.165, 1.54) is 11.1 Å². The van der Waals surface area contributed by atoms with Crippen LogP contribution in [0.2, 0.25) is 0 Å². The molecule has 0 aliphatic heterocycles. The maximum atomic E-state index is 9.97. The Balaban J connectivity index is 1.79. The Kier molecular flexibility index (Phi) is 5.58. The Morgan fingerprint density at radius 3 is 2.80 bits per heavy atom. The number of nitrogens with one attached hydrogen (secondary N) is 1. The summed E-state index contributed by atoms with van der Waals surface area (Å²) in [6.45, 7) is 8.19. The van der Waals surface area contributed by atoms with Crippen molar-refractivity contribution in [3.05, 3.63) is 35.4 Å². The highest BCUT2D eigenvalue weighted by Gasteiger charge is 2.28. The Hall–Kier alpha value is -0.900. The van der Waals surface area contributed by atoms with Gasteiger partial charge in [-0.25, -0.2) is 0 Å². The first kappa shape index (κ1) is 15.5. The third kappa shape index (κ3) is 4.05. The van der Waals surface area contributed by atoms with Gasteiger partial charge in [-0.05, 0) is 29.4 Å². The topological polar surface area (TPSA) is 41.5 Å². The van der Waals surface area contributed by atoms with Gasteiger partial charge in [-0.15, -0.1) is 0 Å². The van der Waals surface area contributed by atoms with Gasteiger partial charge in [0.05, 0.1) is 12.7 Å². The number of hydrogen-bond donors (Lipinski definition) is 2. The van der Waals surface area contributed by atoms with E-state index in [1.54, 1.807) is 0 Å². The number of aliphatic hydroxyl groups excluding tert-OH is 1. The Labute approximate surface area is 122 Å². The van der Waals surface area contributed by atoms with E-state index in [2.05, 4.69) is 50.4 Å². The minimum absolute atomic E-state index is 0.353. The molecule has 0 saturated carbocycles. The molecule has 0 bridgehead atoms. The zero-order valence-electron chi connectivity index (χ0n) is 12.8. The molecule has 3 unspecified atom stereocenters. The summed E-state index contributed by atoms with van der Waals surface area (Å²) in [4.78, 5) is 0. The van der Waals surface area contributed by atoms with Gasteiger partial charge in [0.1, 0.15) is 0 Å². The summed E-state index contributed by atoms with van der Waals surface area (Å²) in [6.07, 6.45) is 0.682. The van der Waals surface area contributed by atoms with E-state index in [-0.39, 0.29) is 0 Å². The fourth-order valence-corrected chi connectivity index (χ4v) is 2.87. The second-order valence-electron chi connectivity index (χ2n) is 6.35. The summed E-state index contributed by atoms with van der Waals surface area (Å²) >= 11 is 0. The van der Waals surface area contributed by atoms with Crippen LogP contribution in [0.1, 0.15) is 37.9 Å². The molecule has 112 valence electrons. The lowest BCUT2D eigenvalue weighted by molar-refractivity contribution is 0.0244. The lowest BCUT2D eigenvalue weighted by atomic mass is 10.0. The standard InChI is InChI=1S/C17H27NO2/c1-12(2)10-20-11-15(19)9-18-17-13(3)8-14-6-4-5-7-16(14)17/h4-7,12-13,15,17-19H,8-11H2,1-3H3. The lowest BCUT2D eigenvalue weighted by Gasteiger charge is -2.21. The number of ether oxygens (including phenoxy) is 1. The summed E-state index contributed by atoms with van der Waals surface area (Å²) < 4.78 is 5.48. The lowest BCUT2D eigenvalue weighted by Crippen LogP contribution is -2.34. The quantitative estimate of drug-likeness (QED) is 0.805. The van der Waals surface area contributed by atoms with Crippen molar-refractivity contribution in [2.75, 3.05) is 19.8 Å². The third-order valence-corrected chi connectivity index (χ3v) is 3.84. The average Bonchev–Trinajstić information content (AvgIpc) is 2.71. The van der Waals surface area contributed by atoms with Crippen LogP contribution in [0.4, 0.5) is 0 Å². The van der Waals surface area contributed by atoms with E-state index in [0.29, 0.717) is 37.6 Å². The van der Waals surface area contributed by atoms with Crippen molar-refractivity contribution in [1.82, 2.24) is 5.32 Å². The van der Waals surface area contributed by atoms with E-state index in [9.17, 15) is 5.11 Å². The van der Waals surface area contributed by atoms with Crippen molar-refractivity contribution in [1.29, 1.82) is 0 Å². The van der Waals surface area contributed by atoms with Crippen LogP contribution in [-0.2, 0) is 11.2 Å². The van der Waals surface area contributed by atoms with Crippen molar-refractivity contribution in [3.63, 3.8) is 0 Å². The first-order valence-electron chi connectivity index (χ1n) is 7.65. The molecular formula is C17H27NO2. The molecule has 0 fully saturated rings. The van der Waals surface area contributed by atoms with Crippen LogP contribution in [0, 0.1) is 11.8 Å². The largest absolute Gasteiger partial charge is 0.389 e. The molecule has 1 aromatic rings. The summed E-state index contributed by atoms with van der Waals surface area (Å²) in [5.41, 5.74) is 2.82. The van der Waals surface area contributed by atoms with Crippen molar-refractivity contribution < 1.29 is 9.84 Å². The number of benzene rings is 1. The highest BCUT2D eigenvalue weighted by atomic mass is 16.5. The monoisotopic (exact) mass is 277 g/mol. The predicted molar refractivity (Wildman–Crippen MR) is 81.7 cm³/mol. The molecule has 0 spiro atoms. The minimum atomic E-state index is -0.436. The fourth-order valence-electron chi connectivity index (χ4n) is 2.87. The predicted octanol–water partition coefficient (Wildman–Crippen LogP) is 2.54. The first-order valence-corrected chi connectivity index (χ1v) is 7.65. The van der Waals surface area contributed by atoms with E-state index < -0.39 is 6.10 Å². The van der Waals surface area contributed by atoms with Crippen LogP contribution in [-0.4, -0.2) is 31.0 Å². The smallest absolute Gasteiger partial charge is 0.0897 e. The molecule has 1 aromatic carbocycles. The van der Waals surface area contributed by atoms with E-state index in [1.807, 2.05) is 0 Å². The Morgan fingerprint density at radius 1 is 1.30 bits per heavy atom. The summed E-state index contributed by atoms with van der Waals surface area (Å²) in [7, 11) is 0. The highest BCUT2D eigenvalue weighted by Crippen LogP contribution is 2.35. The number of hydrogen-bond acceptors (Lipinski definition) is 3. The van der Waals surface area contributed by atoms with Crippen molar-refractivity contribution in [3.8, 4) is 0 Å². The number of fused-ring (bicyclic) bond motifs is 1. The molecule has 0 aromatic heterocycles. The maximum absolute atomic E-state index is 9.97. The van der Waals surface area contributed by atoms with Crippen molar-refractivity contribution in [2.24, 2.45) is 11.8 Å². The van der Waals surface area contributed by atoms with Gasteiger partial charge in [-0.2, -0.15) is 0 Å². The molecule has 3 heteroatoms. The van der Waals surface area contributed by atoms with E-state index in [0.717, 1.165) is 6.42 Å². The summed E-state index contributed by atoms with van der Waals surface area (Å²) in [5, 5.41) is 13.5. The average molecular weight is 277 g/mol. The second-order valence-corrected chi connectivity index (χ2v) is 6.35. The van der Waals surface area contributed by atoms with Gasteiger partial charge in [0, 0.05) is 19.2 Å². The molecule has 2 rings (SSSR count). The van der Waals surface area contributed by atoms with Crippen molar-refractivity contribution >= 4 is 0 Å². The van der Waals surface area contributed by atoms with Gasteiger partial charge < -0.3 is 15.2 Å². The molecule has 3 nitrogen and oxygen atoms in total. The Morgan fingerprint density at radius 2 is 2.05 bits per heavy atom. The zero-order chi connectivity index (χ0) is 14.5. The van der Waals surface area contributed by atoms with Crippen LogP contribution in [0.5, 0.6) is 0 Å². The minimum Gasteiger partial charge on any atom is -0.389 e. The van der Waals surface area contributed by atoms with Crippen LogP contribution < -0.4 is 5.32 Å². The molecule has 1 aliphatic rings.